The Balaban J connectivity index is 3.40. The number of rotatable bonds is 2. The van der Waals surface area contributed by atoms with E-state index in [4.69, 9.17) is 5.73 Å². The van der Waals surface area contributed by atoms with Gasteiger partial charge in [-0.3, -0.25) is 0 Å². The molecule has 0 aliphatic carbocycles. The van der Waals surface area contributed by atoms with E-state index in [1.54, 1.807) is 18.2 Å². The Bertz CT molecular complexity index is 539. The standard InChI is InChI=1S/C11H14N2O2S/c1-9-5-6-11(16(14,15)13-2)10(8-9)4-3-7-12/h5-6,8,13H,7,12H2,1-2H3. The quantitative estimate of drug-likeness (QED) is 0.724. The third-order valence-corrected chi connectivity index (χ3v) is 3.49. The van der Waals surface area contributed by atoms with Crippen molar-refractivity contribution >= 4 is 10.0 Å². The van der Waals surface area contributed by atoms with Crippen LogP contribution in [-0.4, -0.2) is 22.0 Å². The molecule has 1 aromatic rings. The summed E-state index contributed by atoms with van der Waals surface area (Å²) in [5.74, 6) is 5.41. The maximum Gasteiger partial charge on any atom is 0.241 e. The molecule has 0 bridgehead atoms. The Morgan fingerprint density at radius 1 is 1.44 bits per heavy atom. The summed E-state index contributed by atoms with van der Waals surface area (Å²) in [4.78, 5) is 0.182. The fourth-order valence-electron chi connectivity index (χ4n) is 1.23. The van der Waals surface area contributed by atoms with E-state index in [0.717, 1.165) is 5.56 Å². The van der Waals surface area contributed by atoms with Crippen LogP contribution in [0.25, 0.3) is 0 Å². The highest BCUT2D eigenvalue weighted by Crippen LogP contribution is 2.16. The minimum absolute atomic E-state index is 0.182. The predicted octanol–water partition coefficient (Wildman–Crippen LogP) is 0.213. The first-order valence-electron chi connectivity index (χ1n) is 4.74. The lowest BCUT2D eigenvalue weighted by atomic mass is 10.1. The topological polar surface area (TPSA) is 72.2 Å². The molecule has 1 aromatic carbocycles. The number of nitrogens with one attached hydrogen (secondary N) is 1. The fourth-order valence-corrected chi connectivity index (χ4v) is 2.10. The van der Waals surface area contributed by atoms with Gasteiger partial charge >= 0.3 is 0 Å². The van der Waals surface area contributed by atoms with E-state index in [2.05, 4.69) is 16.6 Å². The van der Waals surface area contributed by atoms with Crippen LogP contribution in [0, 0.1) is 18.8 Å². The van der Waals surface area contributed by atoms with E-state index in [1.165, 1.54) is 7.05 Å². The van der Waals surface area contributed by atoms with Crippen LogP contribution in [0.4, 0.5) is 0 Å². The zero-order chi connectivity index (χ0) is 12.2. The van der Waals surface area contributed by atoms with Crippen molar-refractivity contribution in [3.63, 3.8) is 0 Å². The zero-order valence-electron chi connectivity index (χ0n) is 9.24. The van der Waals surface area contributed by atoms with Gasteiger partial charge in [0.1, 0.15) is 0 Å². The lowest BCUT2D eigenvalue weighted by Gasteiger charge is -2.05. The highest BCUT2D eigenvalue weighted by molar-refractivity contribution is 7.89. The molecule has 4 nitrogen and oxygen atoms in total. The number of sulfonamides is 1. The number of benzene rings is 1. The first-order chi connectivity index (χ1) is 7.51. The number of hydrogen-bond acceptors (Lipinski definition) is 3. The Labute approximate surface area is 95.9 Å². The third kappa shape index (κ3) is 2.83. The molecule has 0 heterocycles. The van der Waals surface area contributed by atoms with Crippen LogP contribution in [-0.2, 0) is 10.0 Å². The first-order valence-corrected chi connectivity index (χ1v) is 6.22. The molecule has 16 heavy (non-hydrogen) atoms. The van der Waals surface area contributed by atoms with Crippen LogP contribution in [0.5, 0.6) is 0 Å². The Kier molecular flexibility index (Phi) is 4.07. The molecule has 1 rings (SSSR count). The van der Waals surface area contributed by atoms with Gasteiger partial charge in [0.25, 0.3) is 0 Å². The maximum atomic E-state index is 11.7. The molecule has 0 aromatic heterocycles. The molecule has 0 fully saturated rings. The summed E-state index contributed by atoms with van der Waals surface area (Å²) >= 11 is 0. The Morgan fingerprint density at radius 2 is 2.12 bits per heavy atom. The van der Waals surface area contributed by atoms with Crippen LogP contribution < -0.4 is 10.5 Å². The Morgan fingerprint density at radius 3 is 2.69 bits per heavy atom. The molecule has 0 spiro atoms. The van der Waals surface area contributed by atoms with E-state index in [1.807, 2.05) is 6.92 Å². The van der Waals surface area contributed by atoms with Crippen molar-refractivity contribution in [2.45, 2.75) is 11.8 Å². The summed E-state index contributed by atoms with van der Waals surface area (Å²) in [6.45, 7) is 2.08. The molecule has 0 aliphatic rings. The molecule has 0 radical (unpaired) electrons. The van der Waals surface area contributed by atoms with Crippen molar-refractivity contribution in [2.75, 3.05) is 13.6 Å². The monoisotopic (exact) mass is 238 g/mol. The maximum absolute atomic E-state index is 11.7. The van der Waals surface area contributed by atoms with Crippen molar-refractivity contribution < 1.29 is 8.42 Å². The summed E-state index contributed by atoms with van der Waals surface area (Å²) in [5.41, 5.74) is 6.69. The van der Waals surface area contributed by atoms with Crippen molar-refractivity contribution in [1.29, 1.82) is 0 Å². The van der Waals surface area contributed by atoms with Gasteiger partial charge in [-0.1, -0.05) is 17.9 Å². The molecule has 0 unspecified atom stereocenters. The highest BCUT2D eigenvalue weighted by Gasteiger charge is 2.15. The van der Waals surface area contributed by atoms with E-state index in [-0.39, 0.29) is 11.4 Å². The van der Waals surface area contributed by atoms with Crippen molar-refractivity contribution in [3.05, 3.63) is 29.3 Å². The average molecular weight is 238 g/mol. The van der Waals surface area contributed by atoms with Crippen LogP contribution in [0.15, 0.2) is 23.1 Å². The molecule has 0 amide bonds. The normalized spacial score (nSPS) is 10.7. The van der Waals surface area contributed by atoms with Crippen molar-refractivity contribution in [1.82, 2.24) is 4.72 Å². The van der Waals surface area contributed by atoms with Gasteiger partial charge in [-0.05, 0) is 31.7 Å². The number of nitrogens with two attached hydrogens (primary N) is 1. The van der Waals surface area contributed by atoms with Gasteiger partial charge in [-0.25, -0.2) is 13.1 Å². The summed E-state index contributed by atoms with van der Waals surface area (Å²) in [5, 5.41) is 0. The smallest absolute Gasteiger partial charge is 0.241 e. The van der Waals surface area contributed by atoms with E-state index in [9.17, 15) is 8.42 Å². The first kappa shape index (κ1) is 12.7. The van der Waals surface area contributed by atoms with Gasteiger partial charge < -0.3 is 5.73 Å². The average Bonchev–Trinajstić information content (AvgIpc) is 2.26. The van der Waals surface area contributed by atoms with Gasteiger partial charge in [0.15, 0.2) is 0 Å². The molecule has 0 atom stereocenters. The lowest BCUT2D eigenvalue weighted by Crippen LogP contribution is -2.19. The summed E-state index contributed by atoms with van der Waals surface area (Å²) in [6.07, 6.45) is 0. The van der Waals surface area contributed by atoms with Crippen LogP contribution >= 0.6 is 0 Å². The minimum Gasteiger partial charge on any atom is -0.320 e. The van der Waals surface area contributed by atoms with E-state index in [0.29, 0.717) is 5.56 Å². The highest BCUT2D eigenvalue weighted by atomic mass is 32.2. The molecule has 5 heteroatoms. The molecule has 0 saturated carbocycles. The van der Waals surface area contributed by atoms with Gasteiger partial charge in [-0.15, -0.1) is 0 Å². The largest absolute Gasteiger partial charge is 0.320 e. The van der Waals surface area contributed by atoms with E-state index < -0.39 is 10.0 Å². The molecule has 0 saturated heterocycles. The van der Waals surface area contributed by atoms with Crippen LogP contribution in [0.3, 0.4) is 0 Å². The second-order valence-corrected chi connectivity index (χ2v) is 5.07. The summed E-state index contributed by atoms with van der Waals surface area (Å²) < 4.78 is 25.6. The molecule has 0 aliphatic heterocycles. The van der Waals surface area contributed by atoms with Gasteiger partial charge in [0, 0.05) is 5.56 Å². The van der Waals surface area contributed by atoms with Crippen LogP contribution in [0.1, 0.15) is 11.1 Å². The SMILES string of the molecule is CNS(=O)(=O)c1ccc(C)cc1C#CCN. The zero-order valence-corrected chi connectivity index (χ0v) is 10.1. The lowest BCUT2D eigenvalue weighted by molar-refractivity contribution is 0.588. The second kappa shape index (κ2) is 5.12. The molecule has 86 valence electrons. The molecule has 3 N–H and O–H groups in total. The van der Waals surface area contributed by atoms with Crippen molar-refractivity contribution in [3.8, 4) is 11.8 Å². The molecular formula is C11H14N2O2S. The van der Waals surface area contributed by atoms with Crippen LogP contribution in [0.2, 0.25) is 0 Å². The van der Waals surface area contributed by atoms with E-state index >= 15 is 0 Å². The van der Waals surface area contributed by atoms with Gasteiger partial charge in [0.2, 0.25) is 10.0 Å². The third-order valence-electron chi connectivity index (χ3n) is 2.02. The second-order valence-electron chi connectivity index (χ2n) is 3.21. The fraction of sp³-hybridized carbons (Fsp3) is 0.273. The predicted molar refractivity (Wildman–Crippen MR) is 63.4 cm³/mol. The minimum atomic E-state index is -3.47. The number of aryl methyl sites for hydroxylation is 1. The summed E-state index contributed by atoms with van der Waals surface area (Å²) in [6, 6.07) is 5.01. The Hall–Kier alpha value is -1.35. The van der Waals surface area contributed by atoms with Crippen molar-refractivity contribution in [2.24, 2.45) is 5.73 Å². The van der Waals surface area contributed by atoms with Gasteiger partial charge in [0.05, 0.1) is 11.4 Å². The molecular weight excluding hydrogens is 224 g/mol. The number of hydrogen-bond donors (Lipinski definition) is 2. The summed E-state index contributed by atoms with van der Waals surface area (Å²) in [7, 11) is -2.10. The van der Waals surface area contributed by atoms with Gasteiger partial charge in [-0.2, -0.15) is 0 Å².